The second-order valence-corrected chi connectivity index (χ2v) is 7.94. The first-order chi connectivity index (χ1) is 10.4. The van der Waals surface area contributed by atoms with E-state index in [1.54, 1.807) is 0 Å². The van der Waals surface area contributed by atoms with E-state index in [1.807, 2.05) is 0 Å². The van der Waals surface area contributed by atoms with Crippen LogP contribution in [0.5, 0.6) is 0 Å². The Morgan fingerprint density at radius 2 is 1.95 bits per heavy atom. The molecular formula is C14H20Cl2N2O3S. The average molecular weight is 367 g/mol. The van der Waals surface area contributed by atoms with Crippen molar-refractivity contribution in [3.05, 3.63) is 28.2 Å². The lowest BCUT2D eigenvalue weighted by atomic mass is 10.1. The van der Waals surface area contributed by atoms with Crippen LogP contribution in [0.2, 0.25) is 10.0 Å². The lowest BCUT2D eigenvalue weighted by Gasteiger charge is -2.31. The van der Waals surface area contributed by atoms with Gasteiger partial charge < -0.3 is 10.5 Å². The van der Waals surface area contributed by atoms with Crippen LogP contribution >= 0.6 is 23.2 Å². The van der Waals surface area contributed by atoms with Gasteiger partial charge in [0, 0.05) is 24.7 Å². The van der Waals surface area contributed by atoms with E-state index in [1.165, 1.54) is 22.5 Å². The molecule has 5 nitrogen and oxygen atoms in total. The van der Waals surface area contributed by atoms with E-state index in [4.69, 9.17) is 33.7 Å². The number of hydrogen-bond donors (Lipinski definition) is 1. The van der Waals surface area contributed by atoms with Crippen molar-refractivity contribution < 1.29 is 13.2 Å². The van der Waals surface area contributed by atoms with Gasteiger partial charge in [-0.1, -0.05) is 23.2 Å². The van der Waals surface area contributed by atoms with Crippen LogP contribution in [0.4, 0.5) is 0 Å². The second kappa shape index (κ2) is 7.95. The van der Waals surface area contributed by atoms with E-state index >= 15 is 0 Å². The number of hydrogen-bond acceptors (Lipinski definition) is 4. The Morgan fingerprint density at radius 1 is 1.27 bits per heavy atom. The Hall–Kier alpha value is -0.370. The summed E-state index contributed by atoms with van der Waals surface area (Å²) in [5, 5.41) is 0.560. The van der Waals surface area contributed by atoms with E-state index in [0.29, 0.717) is 44.1 Å². The highest BCUT2D eigenvalue weighted by atomic mass is 35.5. The Balaban J connectivity index is 2.00. The molecule has 2 rings (SSSR count). The number of sulfonamides is 1. The zero-order valence-corrected chi connectivity index (χ0v) is 14.5. The second-order valence-electron chi connectivity index (χ2n) is 5.19. The summed E-state index contributed by atoms with van der Waals surface area (Å²) in [6, 6.07) is 4.42. The summed E-state index contributed by atoms with van der Waals surface area (Å²) in [7, 11) is -3.59. The molecule has 0 unspecified atom stereocenters. The molecule has 0 radical (unpaired) electrons. The molecule has 22 heavy (non-hydrogen) atoms. The highest BCUT2D eigenvalue weighted by Crippen LogP contribution is 2.29. The van der Waals surface area contributed by atoms with E-state index in [-0.39, 0.29) is 16.0 Å². The molecule has 2 N–H and O–H groups in total. The number of rotatable bonds is 6. The number of halogens is 2. The van der Waals surface area contributed by atoms with E-state index in [9.17, 15) is 8.42 Å². The van der Waals surface area contributed by atoms with Crippen LogP contribution < -0.4 is 5.73 Å². The quantitative estimate of drug-likeness (QED) is 0.785. The third-order valence-electron chi connectivity index (χ3n) is 3.61. The van der Waals surface area contributed by atoms with Gasteiger partial charge in [-0.3, -0.25) is 0 Å². The number of benzene rings is 1. The van der Waals surface area contributed by atoms with Crippen molar-refractivity contribution in [1.82, 2.24) is 4.31 Å². The molecule has 1 fully saturated rings. The highest BCUT2D eigenvalue weighted by molar-refractivity contribution is 7.89. The topological polar surface area (TPSA) is 72.6 Å². The molecule has 8 heteroatoms. The standard InChI is InChI=1S/C14H20Cl2N2O3S/c15-11-2-3-14(13(16)10-11)22(19,20)18-7-4-12(5-8-18)21-9-1-6-17/h2-3,10,12H,1,4-9,17H2. The summed E-state index contributed by atoms with van der Waals surface area (Å²) in [6.45, 7) is 2.07. The number of ether oxygens (including phenoxy) is 1. The van der Waals surface area contributed by atoms with Crippen LogP contribution in [0.3, 0.4) is 0 Å². The van der Waals surface area contributed by atoms with Crippen LogP contribution in [-0.2, 0) is 14.8 Å². The van der Waals surface area contributed by atoms with Gasteiger partial charge in [-0.15, -0.1) is 0 Å². The summed E-state index contributed by atoms with van der Waals surface area (Å²) in [4.78, 5) is 0.0982. The fourth-order valence-corrected chi connectivity index (χ4v) is 4.61. The van der Waals surface area contributed by atoms with E-state index in [2.05, 4.69) is 0 Å². The van der Waals surface area contributed by atoms with E-state index < -0.39 is 10.0 Å². The normalized spacial score (nSPS) is 17.8. The largest absolute Gasteiger partial charge is 0.378 e. The predicted molar refractivity (Wildman–Crippen MR) is 87.9 cm³/mol. The minimum Gasteiger partial charge on any atom is -0.378 e. The minimum absolute atomic E-state index is 0.0960. The van der Waals surface area contributed by atoms with Gasteiger partial charge in [0.05, 0.1) is 11.1 Å². The Bertz CT molecular complexity index is 602. The third kappa shape index (κ3) is 4.34. The van der Waals surface area contributed by atoms with Gasteiger partial charge in [-0.05, 0) is 44.0 Å². The number of nitrogens with two attached hydrogens (primary N) is 1. The van der Waals surface area contributed by atoms with Crippen molar-refractivity contribution in [3.63, 3.8) is 0 Å². The summed E-state index contributed by atoms with van der Waals surface area (Å²) < 4.78 is 32.4. The van der Waals surface area contributed by atoms with Gasteiger partial charge in [-0.2, -0.15) is 4.31 Å². The van der Waals surface area contributed by atoms with Crippen LogP contribution in [0.15, 0.2) is 23.1 Å². The molecule has 0 spiro atoms. The van der Waals surface area contributed by atoms with Crippen molar-refractivity contribution in [3.8, 4) is 0 Å². The molecule has 1 aliphatic rings. The molecular weight excluding hydrogens is 347 g/mol. The molecule has 0 amide bonds. The van der Waals surface area contributed by atoms with Crippen molar-refractivity contribution in [2.45, 2.75) is 30.3 Å². The van der Waals surface area contributed by atoms with E-state index in [0.717, 1.165) is 6.42 Å². The fourth-order valence-electron chi connectivity index (χ4n) is 2.40. The maximum atomic E-state index is 12.6. The van der Waals surface area contributed by atoms with Gasteiger partial charge in [0.2, 0.25) is 10.0 Å². The minimum atomic E-state index is -3.59. The van der Waals surface area contributed by atoms with Gasteiger partial charge in [0.25, 0.3) is 0 Å². The molecule has 1 heterocycles. The Labute approximate surface area is 141 Å². The molecule has 0 aromatic heterocycles. The van der Waals surface area contributed by atoms with Gasteiger partial charge in [0.15, 0.2) is 0 Å². The van der Waals surface area contributed by atoms with Crippen molar-refractivity contribution in [1.29, 1.82) is 0 Å². The average Bonchev–Trinajstić information content (AvgIpc) is 2.47. The van der Waals surface area contributed by atoms with Crippen molar-refractivity contribution in [2.24, 2.45) is 5.73 Å². The van der Waals surface area contributed by atoms with Crippen molar-refractivity contribution in [2.75, 3.05) is 26.2 Å². The number of nitrogens with zero attached hydrogens (tertiary/aromatic N) is 1. The van der Waals surface area contributed by atoms with Crippen LogP contribution in [0.1, 0.15) is 19.3 Å². The van der Waals surface area contributed by atoms with Crippen LogP contribution in [0, 0.1) is 0 Å². The predicted octanol–water partition coefficient (Wildman–Crippen LogP) is 2.51. The summed E-state index contributed by atoms with van der Waals surface area (Å²) in [5.74, 6) is 0. The molecule has 1 aliphatic heterocycles. The summed E-state index contributed by atoms with van der Waals surface area (Å²) in [6.07, 6.45) is 2.27. The maximum Gasteiger partial charge on any atom is 0.244 e. The smallest absolute Gasteiger partial charge is 0.244 e. The zero-order valence-electron chi connectivity index (χ0n) is 12.2. The first-order valence-electron chi connectivity index (χ1n) is 7.22. The van der Waals surface area contributed by atoms with Gasteiger partial charge in [-0.25, -0.2) is 8.42 Å². The van der Waals surface area contributed by atoms with Gasteiger partial charge in [0.1, 0.15) is 4.90 Å². The van der Waals surface area contributed by atoms with Gasteiger partial charge >= 0.3 is 0 Å². The molecule has 124 valence electrons. The monoisotopic (exact) mass is 366 g/mol. The Kier molecular flexibility index (Phi) is 6.49. The highest BCUT2D eigenvalue weighted by Gasteiger charge is 2.31. The lowest BCUT2D eigenvalue weighted by Crippen LogP contribution is -2.41. The zero-order chi connectivity index (χ0) is 16.2. The molecule has 0 atom stereocenters. The Morgan fingerprint density at radius 3 is 2.55 bits per heavy atom. The third-order valence-corrected chi connectivity index (χ3v) is 6.23. The van der Waals surface area contributed by atoms with Crippen LogP contribution in [0.25, 0.3) is 0 Å². The SMILES string of the molecule is NCCCOC1CCN(S(=O)(=O)c2ccc(Cl)cc2Cl)CC1. The van der Waals surface area contributed by atoms with Crippen LogP contribution in [-0.4, -0.2) is 45.1 Å². The molecule has 1 saturated heterocycles. The summed E-state index contributed by atoms with van der Waals surface area (Å²) >= 11 is 11.8. The molecule has 1 aromatic rings. The maximum absolute atomic E-state index is 12.6. The molecule has 0 aliphatic carbocycles. The summed E-state index contributed by atoms with van der Waals surface area (Å²) in [5.41, 5.74) is 5.42. The molecule has 0 bridgehead atoms. The molecule has 1 aromatic carbocycles. The molecule has 0 saturated carbocycles. The first kappa shape index (κ1) is 18.0. The first-order valence-corrected chi connectivity index (χ1v) is 9.41. The lowest BCUT2D eigenvalue weighted by molar-refractivity contribution is 0.0209. The fraction of sp³-hybridized carbons (Fsp3) is 0.571. The van der Waals surface area contributed by atoms with Crippen molar-refractivity contribution >= 4 is 33.2 Å². The number of piperidine rings is 1.